The predicted molar refractivity (Wildman–Crippen MR) is 133 cm³/mol. The molecule has 2 heterocycles. The molecule has 0 bridgehead atoms. The number of hydrogen-bond acceptors (Lipinski definition) is 6. The Morgan fingerprint density at radius 3 is 2.43 bits per heavy atom. The molecular weight excluding hydrogens is 466 g/mol. The first-order valence-corrected chi connectivity index (χ1v) is 12.9. The van der Waals surface area contributed by atoms with Gasteiger partial charge in [-0.05, 0) is 48.9 Å². The van der Waals surface area contributed by atoms with Crippen LogP contribution in [-0.4, -0.2) is 57.9 Å². The van der Waals surface area contributed by atoms with E-state index in [1.54, 1.807) is 19.9 Å². The summed E-state index contributed by atoms with van der Waals surface area (Å²) in [6.07, 6.45) is 0. The second kappa shape index (κ2) is 10.0. The largest absolute Gasteiger partial charge is 0.387 e. The Morgan fingerprint density at radius 2 is 1.74 bits per heavy atom. The Labute approximate surface area is 204 Å². The third kappa shape index (κ3) is 4.85. The maximum absolute atomic E-state index is 13.0. The molecule has 10 heteroatoms. The second-order valence-corrected chi connectivity index (χ2v) is 10.2. The monoisotopic (exact) mass is 495 g/mol. The summed E-state index contributed by atoms with van der Waals surface area (Å²) >= 11 is 0. The van der Waals surface area contributed by atoms with Gasteiger partial charge < -0.3 is 9.40 Å². The van der Waals surface area contributed by atoms with Crippen LogP contribution >= 0.6 is 0 Å². The molecule has 0 amide bonds. The topological polar surface area (TPSA) is 99.3 Å². The number of aryl methyl sites for hydroxylation is 1. The van der Waals surface area contributed by atoms with E-state index in [0.717, 1.165) is 21.8 Å². The molecule has 0 fully saturated rings. The lowest BCUT2D eigenvalue weighted by Crippen LogP contribution is -2.30. The van der Waals surface area contributed by atoms with Crippen molar-refractivity contribution in [1.82, 2.24) is 24.0 Å². The van der Waals surface area contributed by atoms with Crippen molar-refractivity contribution >= 4 is 26.8 Å². The van der Waals surface area contributed by atoms with E-state index < -0.39 is 10.0 Å². The number of aromatic nitrogens is 4. The lowest BCUT2D eigenvalue weighted by atomic mass is 10.1. The fraction of sp³-hybridized carbons (Fsp3) is 0.320. The Morgan fingerprint density at radius 1 is 1.03 bits per heavy atom. The molecule has 0 radical (unpaired) electrons. The molecule has 0 saturated carbocycles. The molecule has 0 unspecified atom stereocenters. The SMILES string of the molecule is CCN(CC)S(=O)(=O)c1ccc2nnn(OCC(=O)c3cc(C)n(Cc4ccccc4)c3C)c2c1. The standard InChI is InChI=1S/C25H29N5O4S/c1-5-28(6-2)35(32,33)21-12-13-23-24(15-21)30(27-26-23)34-17-25(31)22-14-18(3)29(19(22)4)16-20-10-8-7-9-11-20/h7-15H,5-6,16-17H2,1-4H3. The first-order chi connectivity index (χ1) is 16.8. The second-order valence-electron chi connectivity index (χ2n) is 8.26. The molecule has 35 heavy (non-hydrogen) atoms. The number of benzene rings is 2. The third-order valence-corrected chi connectivity index (χ3v) is 8.15. The number of hydrogen-bond donors (Lipinski definition) is 0. The van der Waals surface area contributed by atoms with Crippen LogP contribution in [0.15, 0.2) is 59.5 Å². The van der Waals surface area contributed by atoms with Crippen molar-refractivity contribution in [2.45, 2.75) is 39.1 Å². The summed E-state index contributed by atoms with van der Waals surface area (Å²) in [6.45, 7) is 8.60. The number of nitrogens with zero attached hydrogens (tertiary/aromatic N) is 5. The van der Waals surface area contributed by atoms with E-state index in [1.807, 2.05) is 50.2 Å². The Bertz CT molecular complexity index is 1450. The Kier molecular flexibility index (Phi) is 7.04. The van der Waals surface area contributed by atoms with Crippen molar-refractivity contribution in [3.8, 4) is 0 Å². The summed E-state index contributed by atoms with van der Waals surface area (Å²) in [4.78, 5) is 19.9. The average molecular weight is 496 g/mol. The van der Waals surface area contributed by atoms with Crippen molar-refractivity contribution in [2.24, 2.45) is 0 Å². The van der Waals surface area contributed by atoms with Crippen molar-refractivity contribution in [3.05, 3.63) is 77.1 Å². The molecule has 0 aliphatic rings. The van der Waals surface area contributed by atoms with Crippen molar-refractivity contribution in [2.75, 3.05) is 19.7 Å². The minimum absolute atomic E-state index is 0.122. The summed E-state index contributed by atoms with van der Waals surface area (Å²) in [7, 11) is -3.66. The van der Waals surface area contributed by atoms with Crippen molar-refractivity contribution < 1.29 is 18.0 Å². The molecule has 0 saturated heterocycles. The minimum Gasteiger partial charge on any atom is -0.387 e. The van der Waals surface area contributed by atoms with Crippen LogP contribution in [0.2, 0.25) is 0 Å². The molecule has 184 valence electrons. The molecule has 0 aliphatic carbocycles. The molecule has 4 aromatic rings. The number of carbonyl (C=O) groups excluding carboxylic acids is 1. The van der Waals surface area contributed by atoms with Gasteiger partial charge in [0.2, 0.25) is 15.8 Å². The zero-order valence-corrected chi connectivity index (χ0v) is 21.1. The van der Waals surface area contributed by atoms with Crippen molar-refractivity contribution in [1.29, 1.82) is 0 Å². The van der Waals surface area contributed by atoms with Gasteiger partial charge in [0.25, 0.3) is 0 Å². The molecule has 9 nitrogen and oxygen atoms in total. The maximum atomic E-state index is 13.0. The summed E-state index contributed by atoms with van der Waals surface area (Å²) in [6, 6.07) is 16.5. The van der Waals surface area contributed by atoms with Gasteiger partial charge >= 0.3 is 0 Å². The molecule has 0 atom stereocenters. The van der Waals surface area contributed by atoms with E-state index in [1.165, 1.54) is 16.4 Å². The average Bonchev–Trinajstić information content (AvgIpc) is 3.39. The number of sulfonamides is 1. The van der Waals surface area contributed by atoms with Gasteiger partial charge in [-0.2, -0.15) is 4.31 Å². The van der Waals surface area contributed by atoms with Crippen LogP contribution in [0.3, 0.4) is 0 Å². The zero-order chi connectivity index (χ0) is 25.2. The van der Waals surface area contributed by atoms with Crippen LogP contribution < -0.4 is 4.84 Å². The van der Waals surface area contributed by atoms with E-state index in [-0.39, 0.29) is 17.3 Å². The van der Waals surface area contributed by atoms with Crippen LogP contribution in [0.1, 0.15) is 41.2 Å². The number of carbonyl (C=O) groups is 1. The Balaban J connectivity index is 1.54. The van der Waals surface area contributed by atoms with Gasteiger partial charge in [-0.25, -0.2) is 8.42 Å². The van der Waals surface area contributed by atoms with Crippen LogP contribution in [0.5, 0.6) is 0 Å². The highest BCUT2D eigenvalue weighted by Crippen LogP contribution is 2.21. The first-order valence-electron chi connectivity index (χ1n) is 11.5. The lowest BCUT2D eigenvalue weighted by Gasteiger charge is -2.18. The summed E-state index contributed by atoms with van der Waals surface area (Å²) in [5, 5.41) is 7.97. The zero-order valence-electron chi connectivity index (χ0n) is 20.3. The molecular formula is C25H29N5O4S. The highest BCUT2D eigenvalue weighted by atomic mass is 32.2. The number of ketones is 1. The molecule has 0 aliphatic heterocycles. The van der Waals surface area contributed by atoms with E-state index >= 15 is 0 Å². The summed E-state index contributed by atoms with van der Waals surface area (Å²) in [5.74, 6) is -0.201. The highest BCUT2D eigenvalue weighted by molar-refractivity contribution is 7.89. The first kappa shape index (κ1) is 24.6. The predicted octanol–water partition coefficient (Wildman–Crippen LogP) is 3.24. The Hall–Kier alpha value is -3.50. The molecule has 0 spiro atoms. The van der Waals surface area contributed by atoms with Crippen LogP contribution in [0, 0.1) is 13.8 Å². The quantitative estimate of drug-likeness (QED) is 0.313. The van der Waals surface area contributed by atoms with E-state index in [0.29, 0.717) is 36.2 Å². The van der Waals surface area contributed by atoms with Gasteiger partial charge in [0, 0.05) is 36.6 Å². The van der Waals surface area contributed by atoms with Gasteiger partial charge in [0.1, 0.15) is 11.0 Å². The van der Waals surface area contributed by atoms with E-state index in [4.69, 9.17) is 4.84 Å². The maximum Gasteiger partial charge on any atom is 0.243 e. The number of fused-ring (bicyclic) bond motifs is 1. The third-order valence-electron chi connectivity index (χ3n) is 6.11. The van der Waals surface area contributed by atoms with Gasteiger partial charge in [0.15, 0.2) is 6.61 Å². The molecule has 4 rings (SSSR count). The molecule has 2 aromatic heterocycles. The van der Waals surface area contributed by atoms with Gasteiger partial charge in [-0.15, -0.1) is 5.10 Å². The van der Waals surface area contributed by atoms with Crippen LogP contribution in [0.25, 0.3) is 11.0 Å². The van der Waals surface area contributed by atoms with Crippen LogP contribution in [-0.2, 0) is 16.6 Å². The fourth-order valence-corrected chi connectivity index (χ4v) is 5.62. The number of rotatable bonds is 10. The van der Waals surface area contributed by atoms with Gasteiger partial charge in [-0.1, -0.05) is 49.0 Å². The minimum atomic E-state index is -3.66. The lowest BCUT2D eigenvalue weighted by molar-refractivity contribution is 0.0629. The fourth-order valence-electron chi connectivity index (χ4n) is 4.14. The summed E-state index contributed by atoms with van der Waals surface area (Å²) in [5.41, 5.74) is 4.41. The smallest absolute Gasteiger partial charge is 0.243 e. The molecule has 2 aromatic carbocycles. The van der Waals surface area contributed by atoms with Gasteiger partial charge in [0.05, 0.1) is 4.90 Å². The number of Topliss-reactive ketones (excluding diaryl/α,β-unsaturated/α-hetero) is 1. The molecule has 0 N–H and O–H groups in total. The van der Waals surface area contributed by atoms with E-state index in [9.17, 15) is 13.2 Å². The highest BCUT2D eigenvalue weighted by Gasteiger charge is 2.23. The van der Waals surface area contributed by atoms with Gasteiger partial charge in [-0.3, -0.25) is 4.79 Å². The van der Waals surface area contributed by atoms with Crippen LogP contribution in [0.4, 0.5) is 0 Å². The van der Waals surface area contributed by atoms with E-state index in [2.05, 4.69) is 14.9 Å². The van der Waals surface area contributed by atoms with Crippen molar-refractivity contribution in [3.63, 3.8) is 0 Å². The normalized spacial score (nSPS) is 11.9. The summed E-state index contributed by atoms with van der Waals surface area (Å²) < 4.78 is 29.3.